The van der Waals surface area contributed by atoms with E-state index in [0.717, 1.165) is 62.5 Å². The van der Waals surface area contributed by atoms with Gasteiger partial charge in [0.1, 0.15) is 6.04 Å². The Balaban J connectivity index is 1.26. The molecule has 3 heterocycles. The van der Waals surface area contributed by atoms with Crippen LogP contribution in [-0.4, -0.2) is 59.4 Å². The van der Waals surface area contributed by atoms with Gasteiger partial charge in [-0.1, -0.05) is 48.5 Å². The highest BCUT2D eigenvalue weighted by Crippen LogP contribution is 2.32. The maximum absolute atomic E-state index is 13.5. The summed E-state index contributed by atoms with van der Waals surface area (Å²) in [6.45, 7) is 5.01. The van der Waals surface area contributed by atoms with Crippen LogP contribution in [0.1, 0.15) is 39.6 Å². The first-order chi connectivity index (χ1) is 16.7. The minimum atomic E-state index is -0.727. The van der Waals surface area contributed by atoms with Crippen LogP contribution < -0.4 is 5.32 Å². The number of aromatic nitrogens is 1. The molecule has 1 aromatic heterocycles. The molecule has 1 N–H and O–H groups in total. The summed E-state index contributed by atoms with van der Waals surface area (Å²) in [6, 6.07) is 16.3. The van der Waals surface area contributed by atoms with E-state index in [9.17, 15) is 9.59 Å². The van der Waals surface area contributed by atoms with Crippen molar-refractivity contribution in [3.05, 3.63) is 82.4 Å². The fourth-order valence-electron chi connectivity index (χ4n) is 4.56. The van der Waals surface area contributed by atoms with E-state index in [1.807, 2.05) is 60.0 Å². The van der Waals surface area contributed by atoms with E-state index >= 15 is 0 Å². The Kier molecular flexibility index (Phi) is 6.99. The number of ether oxygens (including phenoxy) is 1. The van der Waals surface area contributed by atoms with Crippen molar-refractivity contribution in [2.45, 2.75) is 25.4 Å². The van der Waals surface area contributed by atoms with Gasteiger partial charge in [0.15, 0.2) is 5.13 Å². The number of benzene rings is 2. The molecule has 5 rings (SSSR count). The Morgan fingerprint density at radius 3 is 2.65 bits per heavy atom. The standard InChI is InChI=1S/C26H28N4O3S/c31-24(28-26-27-21(18-34-26)10-6-12-29-13-15-33-16-14-29)23(19-7-2-1-3-8-19)30-17-20-9-4-5-11-22(20)25(30)32/h1-5,7-9,11,18,23H,6,10,12-17H2,(H,27,28,31)/t23-/m1/s1. The van der Waals surface area contributed by atoms with Gasteiger partial charge in [-0.05, 0) is 36.6 Å². The molecule has 0 unspecified atom stereocenters. The summed E-state index contributed by atoms with van der Waals surface area (Å²) >= 11 is 1.43. The second-order valence-electron chi connectivity index (χ2n) is 8.59. The molecule has 2 aliphatic rings. The number of fused-ring (bicyclic) bond motifs is 1. The van der Waals surface area contributed by atoms with Gasteiger partial charge < -0.3 is 9.64 Å². The van der Waals surface area contributed by atoms with Gasteiger partial charge in [0.05, 0.1) is 18.9 Å². The maximum Gasteiger partial charge on any atom is 0.255 e. The van der Waals surface area contributed by atoms with Gasteiger partial charge in [-0.3, -0.25) is 19.8 Å². The van der Waals surface area contributed by atoms with Crippen LogP contribution in [0.2, 0.25) is 0 Å². The number of carbonyl (C=O) groups excluding carboxylic acids is 2. The normalized spacial score (nSPS) is 16.9. The van der Waals surface area contributed by atoms with E-state index in [-0.39, 0.29) is 11.8 Å². The van der Waals surface area contributed by atoms with Crippen molar-refractivity contribution >= 4 is 28.3 Å². The summed E-state index contributed by atoms with van der Waals surface area (Å²) in [5.41, 5.74) is 3.36. The number of nitrogens with zero attached hydrogens (tertiary/aromatic N) is 3. The molecule has 1 atom stereocenters. The summed E-state index contributed by atoms with van der Waals surface area (Å²) in [4.78, 5) is 35.3. The number of rotatable bonds is 8. The van der Waals surface area contributed by atoms with E-state index in [0.29, 0.717) is 17.2 Å². The zero-order valence-electron chi connectivity index (χ0n) is 19.0. The first-order valence-corrected chi connectivity index (χ1v) is 12.6. The summed E-state index contributed by atoms with van der Waals surface area (Å²) in [7, 11) is 0. The second kappa shape index (κ2) is 10.5. The third kappa shape index (κ3) is 5.04. The molecule has 0 saturated carbocycles. The molecule has 7 nitrogen and oxygen atoms in total. The smallest absolute Gasteiger partial charge is 0.255 e. The number of nitrogens with one attached hydrogen (secondary N) is 1. The van der Waals surface area contributed by atoms with Crippen molar-refractivity contribution in [3.8, 4) is 0 Å². The topological polar surface area (TPSA) is 74.8 Å². The molecular formula is C26H28N4O3S. The Morgan fingerprint density at radius 1 is 1.09 bits per heavy atom. The molecular weight excluding hydrogens is 448 g/mol. The van der Waals surface area contributed by atoms with Crippen LogP contribution in [0.25, 0.3) is 0 Å². The molecule has 1 saturated heterocycles. The SMILES string of the molecule is O=C(Nc1nc(CCCN2CCOCC2)cs1)[C@@H](c1ccccc1)N1Cc2ccccc2C1=O. The van der Waals surface area contributed by atoms with Crippen molar-refractivity contribution in [3.63, 3.8) is 0 Å². The zero-order chi connectivity index (χ0) is 23.3. The monoisotopic (exact) mass is 476 g/mol. The summed E-state index contributed by atoms with van der Waals surface area (Å²) in [6.07, 6.45) is 1.88. The first kappa shape index (κ1) is 22.7. The highest BCUT2D eigenvalue weighted by Gasteiger charge is 2.37. The van der Waals surface area contributed by atoms with Gasteiger partial charge in [-0.2, -0.15) is 0 Å². The number of carbonyl (C=O) groups is 2. The lowest BCUT2D eigenvalue weighted by molar-refractivity contribution is -0.120. The van der Waals surface area contributed by atoms with Gasteiger partial charge in [-0.15, -0.1) is 11.3 Å². The molecule has 34 heavy (non-hydrogen) atoms. The van der Waals surface area contributed by atoms with Crippen LogP contribution in [0.15, 0.2) is 60.0 Å². The lowest BCUT2D eigenvalue weighted by Crippen LogP contribution is -2.37. The van der Waals surface area contributed by atoms with E-state index in [1.165, 1.54) is 11.3 Å². The van der Waals surface area contributed by atoms with E-state index in [2.05, 4.69) is 15.2 Å². The number of aryl methyl sites for hydroxylation is 1. The second-order valence-corrected chi connectivity index (χ2v) is 9.45. The fraction of sp³-hybridized carbons (Fsp3) is 0.346. The van der Waals surface area contributed by atoms with Crippen LogP contribution in [0.4, 0.5) is 5.13 Å². The molecule has 1 fully saturated rings. The minimum Gasteiger partial charge on any atom is -0.379 e. The lowest BCUT2D eigenvalue weighted by atomic mass is 10.0. The minimum absolute atomic E-state index is 0.123. The van der Waals surface area contributed by atoms with Crippen molar-refractivity contribution in [1.29, 1.82) is 0 Å². The molecule has 0 bridgehead atoms. The van der Waals surface area contributed by atoms with Crippen molar-refractivity contribution < 1.29 is 14.3 Å². The number of anilines is 1. The van der Waals surface area contributed by atoms with Crippen LogP contribution in [0.5, 0.6) is 0 Å². The average Bonchev–Trinajstić information content (AvgIpc) is 3.45. The van der Waals surface area contributed by atoms with Crippen molar-refractivity contribution in [1.82, 2.24) is 14.8 Å². The molecule has 2 aromatic carbocycles. The Morgan fingerprint density at radius 2 is 1.85 bits per heavy atom. The maximum atomic E-state index is 13.5. The number of morpholine rings is 1. The van der Waals surface area contributed by atoms with E-state index < -0.39 is 6.04 Å². The van der Waals surface area contributed by atoms with Crippen LogP contribution >= 0.6 is 11.3 Å². The van der Waals surface area contributed by atoms with E-state index in [4.69, 9.17) is 4.74 Å². The third-order valence-electron chi connectivity index (χ3n) is 6.32. The number of amides is 2. The quantitative estimate of drug-likeness (QED) is 0.536. The predicted octanol–water partition coefficient (Wildman–Crippen LogP) is 3.74. The lowest BCUT2D eigenvalue weighted by Gasteiger charge is -2.27. The Bertz CT molecular complexity index is 1140. The largest absolute Gasteiger partial charge is 0.379 e. The molecule has 2 amide bonds. The molecule has 2 aliphatic heterocycles. The summed E-state index contributed by atoms with van der Waals surface area (Å²) < 4.78 is 5.40. The molecule has 176 valence electrons. The third-order valence-corrected chi connectivity index (χ3v) is 7.12. The van der Waals surface area contributed by atoms with Gasteiger partial charge in [0.25, 0.3) is 11.8 Å². The van der Waals surface area contributed by atoms with Crippen LogP contribution in [-0.2, 0) is 22.5 Å². The Hall–Kier alpha value is -3.07. The van der Waals surface area contributed by atoms with Gasteiger partial charge >= 0.3 is 0 Å². The number of hydrogen-bond donors (Lipinski definition) is 1. The molecule has 3 aromatic rings. The van der Waals surface area contributed by atoms with E-state index in [1.54, 1.807) is 4.90 Å². The summed E-state index contributed by atoms with van der Waals surface area (Å²) in [5, 5.41) is 5.54. The van der Waals surface area contributed by atoms with Gasteiger partial charge in [0, 0.05) is 30.6 Å². The molecule has 0 radical (unpaired) electrons. The number of thiazole rings is 1. The highest BCUT2D eigenvalue weighted by molar-refractivity contribution is 7.13. The highest BCUT2D eigenvalue weighted by atomic mass is 32.1. The summed E-state index contributed by atoms with van der Waals surface area (Å²) in [5.74, 6) is -0.371. The molecule has 0 aliphatic carbocycles. The number of hydrogen-bond acceptors (Lipinski definition) is 6. The van der Waals surface area contributed by atoms with Crippen LogP contribution in [0, 0.1) is 0 Å². The van der Waals surface area contributed by atoms with Gasteiger partial charge in [-0.25, -0.2) is 4.98 Å². The van der Waals surface area contributed by atoms with Gasteiger partial charge in [0.2, 0.25) is 0 Å². The Labute approximate surface area is 203 Å². The average molecular weight is 477 g/mol. The first-order valence-electron chi connectivity index (χ1n) is 11.7. The zero-order valence-corrected chi connectivity index (χ0v) is 19.8. The molecule has 0 spiro atoms. The predicted molar refractivity (Wildman–Crippen MR) is 132 cm³/mol. The fourth-order valence-corrected chi connectivity index (χ4v) is 5.30. The van der Waals surface area contributed by atoms with Crippen molar-refractivity contribution in [2.75, 3.05) is 38.2 Å². The van der Waals surface area contributed by atoms with Crippen molar-refractivity contribution in [2.24, 2.45) is 0 Å². The molecule has 8 heteroatoms. The van der Waals surface area contributed by atoms with Crippen LogP contribution in [0.3, 0.4) is 0 Å².